The number of carbonyl (C=O) groups excluding carboxylic acids is 2. The summed E-state index contributed by atoms with van der Waals surface area (Å²) in [6.07, 6.45) is 4.85. The third kappa shape index (κ3) is 3.15. The van der Waals surface area contributed by atoms with Crippen LogP contribution in [0.3, 0.4) is 0 Å². The van der Waals surface area contributed by atoms with E-state index in [-0.39, 0.29) is 11.9 Å². The van der Waals surface area contributed by atoms with E-state index in [2.05, 4.69) is 21.8 Å². The number of benzene rings is 1. The fraction of sp³-hybridized carbons (Fsp3) is 0.591. The lowest BCUT2D eigenvalue weighted by atomic mass is 9.67. The molecule has 154 valence electrons. The summed E-state index contributed by atoms with van der Waals surface area (Å²) in [5.41, 5.74) is 3.04. The van der Waals surface area contributed by atoms with E-state index >= 15 is 0 Å². The fourth-order valence-corrected chi connectivity index (χ4v) is 6.23. The summed E-state index contributed by atoms with van der Waals surface area (Å²) in [6, 6.07) is 5.72. The number of aromatic nitrogens is 1. The van der Waals surface area contributed by atoms with E-state index in [4.69, 9.17) is 0 Å². The van der Waals surface area contributed by atoms with Crippen LogP contribution in [0.25, 0.3) is 10.2 Å². The lowest BCUT2D eigenvalue weighted by Crippen LogP contribution is -2.66. The Morgan fingerprint density at radius 2 is 1.93 bits per heavy atom. The molecule has 0 unspecified atom stereocenters. The lowest BCUT2D eigenvalue weighted by molar-refractivity contribution is -0.152. The number of carbonyl (C=O) groups is 2. The molecular formula is C22H28N4O2S. The number of thiazole rings is 1. The minimum absolute atomic E-state index is 0.0484. The second kappa shape index (κ2) is 7.36. The first kappa shape index (κ1) is 19.0. The van der Waals surface area contributed by atoms with Crippen molar-refractivity contribution >= 4 is 33.4 Å². The van der Waals surface area contributed by atoms with E-state index in [0.717, 1.165) is 75.0 Å². The van der Waals surface area contributed by atoms with Gasteiger partial charge in [0.2, 0.25) is 5.91 Å². The van der Waals surface area contributed by atoms with Crippen LogP contribution in [0.1, 0.15) is 42.5 Å². The molecule has 0 radical (unpaired) electrons. The topological polar surface area (TPSA) is 56.8 Å². The van der Waals surface area contributed by atoms with Gasteiger partial charge in [-0.05, 0) is 63.9 Å². The van der Waals surface area contributed by atoms with Crippen molar-refractivity contribution < 1.29 is 9.59 Å². The van der Waals surface area contributed by atoms with Crippen molar-refractivity contribution in [1.82, 2.24) is 19.7 Å². The predicted molar refractivity (Wildman–Crippen MR) is 114 cm³/mol. The van der Waals surface area contributed by atoms with Crippen LogP contribution in [0.15, 0.2) is 23.7 Å². The van der Waals surface area contributed by atoms with E-state index in [1.54, 1.807) is 11.3 Å². The van der Waals surface area contributed by atoms with Gasteiger partial charge in [0.1, 0.15) is 0 Å². The molecule has 3 saturated heterocycles. The van der Waals surface area contributed by atoms with E-state index in [0.29, 0.717) is 11.5 Å². The van der Waals surface area contributed by atoms with Crippen LogP contribution in [0.5, 0.6) is 0 Å². The zero-order valence-corrected chi connectivity index (χ0v) is 17.8. The van der Waals surface area contributed by atoms with E-state index in [9.17, 15) is 9.59 Å². The number of amides is 2. The van der Waals surface area contributed by atoms with Gasteiger partial charge < -0.3 is 14.7 Å². The number of hydrogen-bond acceptors (Lipinski definition) is 5. The highest BCUT2D eigenvalue weighted by Crippen LogP contribution is 2.44. The fourth-order valence-electron chi connectivity index (χ4n) is 5.52. The van der Waals surface area contributed by atoms with Crippen molar-refractivity contribution in [2.45, 2.75) is 38.1 Å². The molecule has 3 fully saturated rings. The lowest BCUT2D eigenvalue weighted by Gasteiger charge is -2.54. The first-order chi connectivity index (χ1) is 14.1. The third-order valence-corrected chi connectivity index (χ3v) is 7.91. The average molecular weight is 413 g/mol. The van der Waals surface area contributed by atoms with Gasteiger partial charge in [0, 0.05) is 31.7 Å². The van der Waals surface area contributed by atoms with Gasteiger partial charge in [-0.15, -0.1) is 11.3 Å². The summed E-state index contributed by atoms with van der Waals surface area (Å²) >= 11 is 1.56. The van der Waals surface area contributed by atoms with Crippen LogP contribution in [-0.2, 0) is 4.79 Å². The van der Waals surface area contributed by atoms with Crippen LogP contribution < -0.4 is 0 Å². The Hall–Kier alpha value is -1.99. The number of likely N-dealkylation sites (N-methyl/N-ethyl adjacent to an activating group) is 1. The van der Waals surface area contributed by atoms with Gasteiger partial charge in [-0.3, -0.25) is 9.59 Å². The van der Waals surface area contributed by atoms with Crippen molar-refractivity contribution in [3.8, 4) is 0 Å². The molecule has 0 spiro atoms. The molecule has 6 nitrogen and oxygen atoms in total. The van der Waals surface area contributed by atoms with Gasteiger partial charge in [-0.1, -0.05) is 0 Å². The molecule has 2 amide bonds. The average Bonchev–Trinajstić information content (AvgIpc) is 3.43. The van der Waals surface area contributed by atoms with Crippen molar-refractivity contribution in [2.24, 2.45) is 5.41 Å². The van der Waals surface area contributed by atoms with Crippen molar-refractivity contribution in [3.63, 3.8) is 0 Å². The number of fused-ring (bicyclic) bond motifs is 2. The number of nitrogens with zero attached hydrogens (tertiary/aromatic N) is 4. The third-order valence-electron chi connectivity index (χ3n) is 7.12. The predicted octanol–water partition coefficient (Wildman–Crippen LogP) is 2.85. The second-order valence-electron chi connectivity index (χ2n) is 8.82. The SMILES string of the molecule is CN1CC[C@]2(C(=O)N3CCCC3)CCCN(C(=O)c3ccc4ncsc4c3)[C@H]2C1. The first-order valence-electron chi connectivity index (χ1n) is 10.7. The summed E-state index contributed by atoms with van der Waals surface area (Å²) in [5.74, 6) is 0.349. The number of rotatable bonds is 2. The Morgan fingerprint density at radius 3 is 2.76 bits per heavy atom. The standard InChI is InChI=1S/C22H28N4O2S/c1-24-12-8-22(21(28)25-9-2-3-10-25)7-4-11-26(19(22)14-24)20(27)16-5-6-17-18(13-16)29-15-23-17/h5-6,13,15,19H,2-4,7-12,14H2,1H3/t19-,22+/m0/s1. The van der Waals surface area contributed by atoms with E-state index < -0.39 is 5.41 Å². The maximum Gasteiger partial charge on any atom is 0.254 e. The molecule has 29 heavy (non-hydrogen) atoms. The highest BCUT2D eigenvalue weighted by Gasteiger charge is 2.54. The monoisotopic (exact) mass is 412 g/mol. The maximum atomic E-state index is 13.7. The first-order valence-corrected chi connectivity index (χ1v) is 11.6. The molecule has 5 rings (SSSR count). The Bertz CT molecular complexity index is 938. The van der Waals surface area contributed by atoms with Crippen molar-refractivity contribution in [1.29, 1.82) is 0 Å². The van der Waals surface area contributed by atoms with Crippen LogP contribution in [0.4, 0.5) is 0 Å². The summed E-state index contributed by atoms with van der Waals surface area (Å²) in [5, 5.41) is 0. The van der Waals surface area contributed by atoms with Gasteiger partial charge in [0.05, 0.1) is 27.2 Å². The number of hydrogen-bond donors (Lipinski definition) is 0. The Morgan fingerprint density at radius 1 is 1.10 bits per heavy atom. The van der Waals surface area contributed by atoms with Gasteiger partial charge >= 0.3 is 0 Å². The van der Waals surface area contributed by atoms with Crippen LogP contribution >= 0.6 is 11.3 Å². The van der Waals surface area contributed by atoms with Crippen molar-refractivity contribution in [3.05, 3.63) is 29.3 Å². The molecule has 0 saturated carbocycles. The minimum atomic E-state index is -0.417. The highest BCUT2D eigenvalue weighted by molar-refractivity contribution is 7.16. The Kier molecular flexibility index (Phi) is 4.82. The molecule has 0 bridgehead atoms. The van der Waals surface area contributed by atoms with Gasteiger partial charge in [-0.25, -0.2) is 4.98 Å². The number of likely N-dealkylation sites (tertiary alicyclic amines) is 3. The maximum absolute atomic E-state index is 13.7. The smallest absolute Gasteiger partial charge is 0.254 e. The molecule has 2 aromatic rings. The zero-order chi connectivity index (χ0) is 20.0. The minimum Gasteiger partial charge on any atom is -0.342 e. The van der Waals surface area contributed by atoms with Gasteiger partial charge in [0.25, 0.3) is 5.91 Å². The molecule has 7 heteroatoms. The summed E-state index contributed by atoms with van der Waals surface area (Å²) in [6.45, 7) is 4.17. The summed E-state index contributed by atoms with van der Waals surface area (Å²) in [4.78, 5) is 37.9. The molecule has 4 heterocycles. The molecule has 3 aliphatic heterocycles. The molecule has 0 N–H and O–H groups in total. The summed E-state index contributed by atoms with van der Waals surface area (Å²) in [7, 11) is 2.10. The molecule has 2 atom stereocenters. The van der Waals surface area contributed by atoms with Crippen LogP contribution in [0.2, 0.25) is 0 Å². The molecule has 3 aliphatic rings. The highest BCUT2D eigenvalue weighted by atomic mass is 32.1. The van der Waals surface area contributed by atoms with Crippen LogP contribution in [-0.4, -0.2) is 77.3 Å². The zero-order valence-electron chi connectivity index (χ0n) is 17.0. The molecule has 0 aliphatic carbocycles. The number of piperidine rings is 2. The van der Waals surface area contributed by atoms with Crippen LogP contribution in [0, 0.1) is 5.41 Å². The quantitative estimate of drug-likeness (QED) is 0.761. The molecule has 1 aromatic carbocycles. The summed E-state index contributed by atoms with van der Waals surface area (Å²) < 4.78 is 1.04. The Labute approximate surface area is 175 Å². The normalized spacial score (nSPS) is 28.0. The van der Waals surface area contributed by atoms with Crippen molar-refractivity contribution in [2.75, 3.05) is 39.8 Å². The second-order valence-corrected chi connectivity index (χ2v) is 9.71. The van der Waals surface area contributed by atoms with Gasteiger partial charge in [-0.2, -0.15) is 0 Å². The Balaban J connectivity index is 1.49. The van der Waals surface area contributed by atoms with E-state index in [1.165, 1.54) is 0 Å². The molecular weight excluding hydrogens is 384 g/mol. The van der Waals surface area contributed by atoms with E-state index in [1.807, 2.05) is 28.6 Å². The van der Waals surface area contributed by atoms with Gasteiger partial charge in [0.15, 0.2) is 0 Å². The molecule has 1 aromatic heterocycles. The largest absolute Gasteiger partial charge is 0.342 e.